The Labute approximate surface area is 387 Å². The Morgan fingerprint density at radius 2 is 0.561 bits per heavy atom. The second-order valence-electron chi connectivity index (χ2n) is 18.5. The molecule has 2 heteroatoms. The first kappa shape index (κ1) is 38.3. The van der Waals surface area contributed by atoms with Crippen molar-refractivity contribution in [3.05, 3.63) is 276 Å². The van der Waals surface area contributed by atoms with Crippen LogP contribution in [0.15, 0.2) is 243 Å². The number of hydrogen-bond donors (Lipinski definition) is 0. The summed E-state index contributed by atoms with van der Waals surface area (Å²) in [6, 6.07) is 90.0. The summed E-state index contributed by atoms with van der Waals surface area (Å²) in [5, 5.41) is 0. The molecule has 13 rings (SSSR count). The minimum absolute atomic E-state index is 0.142. The zero-order chi connectivity index (χ0) is 44.0. The topological polar surface area (TPSA) is 6.48 Å². The quantitative estimate of drug-likeness (QED) is 0.158. The van der Waals surface area contributed by atoms with Gasteiger partial charge in [-0.05, 0) is 151 Å². The lowest BCUT2D eigenvalue weighted by Crippen LogP contribution is -2.26. The van der Waals surface area contributed by atoms with E-state index in [1.807, 2.05) is 0 Å². The molecule has 0 aliphatic heterocycles. The molecule has 0 aromatic heterocycles. The molecule has 66 heavy (non-hydrogen) atoms. The van der Waals surface area contributed by atoms with Gasteiger partial charge in [-0.3, -0.25) is 0 Å². The van der Waals surface area contributed by atoms with Crippen LogP contribution in [-0.4, -0.2) is 0 Å². The van der Waals surface area contributed by atoms with Gasteiger partial charge in [-0.2, -0.15) is 0 Å². The molecule has 0 saturated heterocycles. The van der Waals surface area contributed by atoms with E-state index in [1.165, 1.54) is 77.9 Å². The van der Waals surface area contributed by atoms with Gasteiger partial charge in [-0.25, -0.2) is 0 Å². The molecular formula is C64H46N2. The lowest BCUT2D eigenvalue weighted by Gasteiger charge is -2.33. The van der Waals surface area contributed by atoms with Crippen molar-refractivity contribution < 1.29 is 0 Å². The van der Waals surface area contributed by atoms with Crippen molar-refractivity contribution in [3.8, 4) is 44.5 Å². The highest BCUT2D eigenvalue weighted by Crippen LogP contribution is 2.64. The molecule has 3 aliphatic carbocycles. The summed E-state index contributed by atoms with van der Waals surface area (Å²) in [6.45, 7) is 4.74. The first-order valence-electron chi connectivity index (χ1n) is 23.1. The van der Waals surface area contributed by atoms with Gasteiger partial charge in [0.1, 0.15) is 0 Å². The molecule has 2 nitrogen and oxygen atoms in total. The van der Waals surface area contributed by atoms with Crippen molar-refractivity contribution in [2.24, 2.45) is 0 Å². The fourth-order valence-corrected chi connectivity index (χ4v) is 11.7. The third-order valence-corrected chi connectivity index (χ3v) is 14.7. The molecule has 0 fully saturated rings. The molecule has 10 aromatic carbocycles. The second kappa shape index (κ2) is 14.7. The van der Waals surface area contributed by atoms with Crippen molar-refractivity contribution in [1.82, 2.24) is 0 Å². The fourth-order valence-electron chi connectivity index (χ4n) is 11.7. The minimum atomic E-state index is -0.562. The number of anilines is 6. The standard InChI is InChI=1S/C64H46N2/c1-63(2)57-27-15-12-24-51(57)54-37-34-48(40-60(54)63)66(47-32-30-44(31-33-47)43-18-6-3-7-19-43)50-36-39-56-53-26-14-17-29-59(53)64(62(56)42-50)58-28-16-13-25-52(58)55-38-35-49(41-61(55)64)65(45-20-8-4-9-21-45)46-22-10-5-11-23-46/h3-42H,1-2H3. The Hall–Kier alpha value is -8.20. The summed E-state index contributed by atoms with van der Waals surface area (Å²) < 4.78 is 0. The number of benzene rings is 10. The van der Waals surface area contributed by atoms with Crippen molar-refractivity contribution in [2.45, 2.75) is 24.7 Å². The summed E-state index contributed by atoms with van der Waals surface area (Å²) in [7, 11) is 0. The van der Waals surface area contributed by atoms with Gasteiger partial charge in [0, 0.05) is 39.5 Å². The van der Waals surface area contributed by atoms with Crippen LogP contribution < -0.4 is 9.80 Å². The predicted molar refractivity (Wildman–Crippen MR) is 275 cm³/mol. The van der Waals surface area contributed by atoms with E-state index in [2.05, 4.69) is 266 Å². The van der Waals surface area contributed by atoms with Gasteiger partial charge in [0.25, 0.3) is 0 Å². The van der Waals surface area contributed by atoms with E-state index >= 15 is 0 Å². The van der Waals surface area contributed by atoms with Gasteiger partial charge in [-0.1, -0.05) is 184 Å². The molecule has 10 aromatic rings. The molecule has 1 spiro atoms. The third kappa shape index (κ3) is 5.55. The molecule has 0 N–H and O–H groups in total. The van der Waals surface area contributed by atoms with Crippen LogP contribution >= 0.6 is 0 Å². The number of hydrogen-bond acceptors (Lipinski definition) is 2. The van der Waals surface area contributed by atoms with Crippen LogP contribution in [0.25, 0.3) is 44.5 Å². The average molecular weight is 843 g/mol. The first-order valence-corrected chi connectivity index (χ1v) is 23.1. The predicted octanol–water partition coefficient (Wildman–Crippen LogP) is 16.9. The molecule has 312 valence electrons. The monoisotopic (exact) mass is 842 g/mol. The van der Waals surface area contributed by atoms with Crippen molar-refractivity contribution in [3.63, 3.8) is 0 Å². The average Bonchev–Trinajstić information content (AvgIpc) is 3.93. The molecule has 0 radical (unpaired) electrons. The zero-order valence-corrected chi connectivity index (χ0v) is 37.0. The van der Waals surface area contributed by atoms with Crippen LogP contribution in [0.4, 0.5) is 34.1 Å². The SMILES string of the molecule is CC1(C)c2ccccc2-c2ccc(N(c3ccc(-c4ccccc4)cc3)c3ccc4c(c3)C3(c5ccccc5-c5ccc(N(c6ccccc6)c6ccccc6)cc53)c3ccccc3-4)cc21. The van der Waals surface area contributed by atoms with Gasteiger partial charge in [-0.15, -0.1) is 0 Å². The molecule has 0 saturated carbocycles. The molecule has 1 unspecified atom stereocenters. The van der Waals surface area contributed by atoms with Crippen molar-refractivity contribution in [1.29, 1.82) is 0 Å². The summed E-state index contributed by atoms with van der Waals surface area (Å²) >= 11 is 0. The van der Waals surface area contributed by atoms with Crippen LogP contribution in [0.1, 0.15) is 47.2 Å². The minimum Gasteiger partial charge on any atom is -0.310 e. The van der Waals surface area contributed by atoms with Crippen LogP contribution in [0.5, 0.6) is 0 Å². The fraction of sp³-hybridized carbons (Fsp3) is 0.0625. The number of rotatable bonds is 7. The highest BCUT2D eigenvalue weighted by Gasteiger charge is 2.52. The molecule has 3 aliphatic rings. The third-order valence-electron chi connectivity index (χ3n) is 14.7. The Bertz CT molecular complexity index is 3450. The number of nitrogens with zero attached hydrogens (tertiary/aromatic N) is 2. The maximum absolute atomic E-state index is 2.51. The largest absolute Gasteiger partial charge is 0.310 e. The van der Waals surface area contributed by atoms with E-state index in [0.717, 1.165) is 34.1 Å². The Kier molecular flexibility index (Phi) is 8.51. The van der Waals surface area contributed by atoms with Crippen LogP contribution in [0.2, 0.25) is 0 Å². The second-order valence-corrected chi connectivity index (χ2v) is 18.5. The summed E-state index contributed by atoms with van der Waals surface area (Å²) in [4.78, 5) is 4.87. The first-order chi connectivity index (χ1) is 32.5. The van der Waals surface area contributed by atoms with E-state index in [4.69, 9.17) is 0 Å². The summed E-state index contributed by atoms with van der Waals surface area (Å²) in [5.41, 5.74) is 24.2. The van der Waals surface area contributed by atoms with E-state index in [9.17, 15) is 0 Å². The van der Waals surface area contributed by atoms with Crippen LogP contribution in [0, 0.1) is 0 Å². The van der Waals surface area contributed by atoms with Crippen molar-refractivity contribution >= 4 is 34.1 Å². The maximum Gasteiger partial charge on any atom is 0.0727 e. The van der Waals surface area contributed by atoms with E-state index in [0.29, 0.717) is 0 Å². The Morgan fingerprint density at radius 3 is 1.06 bits per heavy atom. The highest BCUT2D eigenvalue weighted by molar-refractivity contribution is 5.98. The maximum atomic E-state index is 2.51. The molecule has 0 amide bonds. The van der Waals surface area contributed by atoms with Crippen LogP contribution in [-0.2, 0) is 10.8 Å². The number of para-hydroxylation sites is 2. The van der Waals surface area contributed by atoms with Gasteiger partial charge >= 0.3 is 0 Å². The normalized spacial score (nSPS) is 15.3. The summed E-state index contributed by atoms with van der Waals surface area (Å²) in [6.07, 6.45) is 0. The molecular weight excluding hydrogens is 797 g/mol. The smallest absolute Gasteiger partial charge is 0.0727 e. The van der Waals surface area contributed by atoms with Gasteiger partial charge in [0.2, 0.25) is 0 Å². The summed E-state index contributed by atoms with van der Waals surface area (Å²) in [5.74, 6) is 0. The van der Waals surface area contributed by atoms with E-state index in [1.54, 1.807) is 0 Å². The zero-order valence-electron chi connectivity index (χ0n) is 37.0. The Balaban J connectivity index is 1.04. The number of fused-ring (bicyclic) bond motifs is 13. The van der Waals surface area contributed by atoms with Crippen molar-refractivity contribution in [2.75, 3.05) is 9.80 Å². The van der Waals surface area contributed by atoms with E-state index < -0.39 is 5.41 Å². The lowest BCUT2D eigenvalue weighted by molar-refractivity contribution is 0.660. The van der Waals surface area contributed by atoms with Gasteiger partial charge < -0.3 is 9.80 Å². The van der Waals surface area contributed by atoms with Gasteiger partial charge in [0.05, 0.1) is 5.41 Å². The highest BCUT2D eigenvalue weighted by atomic mass is 15.1. The van der Waals surface area contributed by atoms with Crippen LogP contribution in [0.3, 0.4) is 0 Å². The molecule has 1 atom stereocenters. The molecule has 0 heterocycles. The van der Waals surface area contributed by atoms with E-state index in [-0.39, 0.29) is 5.41 Å². The van der Waals surface area contributed by atoms with Gasteiger partial charge in [0.15, 0.2) is 0 Å². The molecule has 0 bridgehead atoms. The lowest BCUT2D eigenvalue weighted by atomic mass is 9.70. The Morgan fingerprint density at radius 1 is 0.242 bits per heavy atom.